The Labute approximate surface area is 97.9 Å². The lowest BCUT2D eigenvalue weighted by molar-refractivity contribution is 1.12. The van der Waals surface area contributed by atoms with Gasteiger partial charge in [-0.1, -0.05) is 41.9 Å². The van der Waals surface area contributed by atoms with Crippen LogP contribution in [-0.4, -0.2) is 10.2 Å². The van der Waals surface area contributed by atoms with Crippen molar-refractivity contribution in [1.29, 1.82) is 0 Å². The van der Waals surface area contributed by atoms with Crippen LogP contribution in [0.4, 0.5) is 0 Å². The molecule has 16 heavy (non-hydrogen) atoms. The van der Waals surface area contributed by atoms with Crippen LogP contribution in [0.2, 0.25) is 5.02 Å². The molecule has 0 aliphatic heterocycles. The van der Waals surface area contributed by atoms with Crippen LogP contribution in [0.1, 0.15) is 0 Å². The zero-order valence-electron chi connectivity index (χ0n) is 8.44. The molecule has 3 rings (SSSR count). The molecule has 0 saturated heterocycles. The number of H-pyrrole nitrogens is 1. The van der Waals surface area contributed by atoms with Crippen LogP contribution in [0.25, 0.3) is 22.0 Å². The zero-order valence-corrected chi connectivity index (χ0v) is 9.20. The van der Waals surface area contributed by atoms with E-state index in [0.29, 0.717) is 0 Å². The quantitative estimate of drug-likeness (QED) is 0.673. The molecular formula is C13H9ClN2. The fraction of sp³-hybridized carbons (Fsp3) is 0. The fourth-order valence-electron chi connectivity index (χ4n) is 1.87. The van der Waals surface area contributed by atoms with Crippen LogP contribution >= 0.6 is 11.6 Å². The SMILES string of the molecule is Clc1cc(-c2ccccc2)c2cn[nH]c2c1. The Bertz CT molecular complexity index is 629. The summed E-state index contributed by atoms with van der Waals surface area (Å²) in [5.74, 6) is 0. The van der Waals surface area contributed by atoms with Crippen LogP contribution in [0.5, 0.6) is 0 Å². The maximum absolute atomic E-state index is 6.08. The molecule has 0 radical (unpaired) electrons. The zero-order chi connectivity index (χ0) is 11.0. The summed E-state index contributed by atoms with van der Waals surface area (Å²) < 4.78 is 0. The molecule has 0 aliphatic carbocycles. The van der Waals surface area contributed by atoms with Gasteiger partial charge in [0.15, 0.2) is 0 Å². The van der Waals surface area contributed by atoms with Gasteiger partial charge in [0.1, 0.15) is 0 Å². The topological polar surface area (TPSA) is 28.7 Å². The predicted molar refractivity (Wildman–Crippen MR) is 66.5 cm³/mol. The van der Waals surface area contributed by atoms with E-state index >= 15 is 0 Å². The predicted octanol–water partition coefficient (Wildman–Crippen LogP) is 3.88. The first-order valence-electron chi connectivity index (χ1n) is 5.02. The van der Waals surface area contributed by atoms with Gasteiger partial charge in [-0.25, -0.2) is 0 Å². The highest BCUT2D eigenvalue weighted by atomic mass is 35.5. The number of halogens is 1. The van der Waals surface area contributed by atoms with Gasteiger partial charge >= 0.3 is 0 Å². The third-order valence-electron chi connectivity index (χ3n) is 2.61. The van der Waals surface area contributed by atoms with Gasteiger partial charge in [-0.2, -0.15) is 5.10 Å². The number of aromatic nitrogens is 2. The minimum atomic E-state index is 0.718. The molecule has 1 aromatic heterocycles. The van der Waals surface area contributed by atoms with Crippen molar-refractivity contribution >= 4 is 22.5 Å². The molecule has 3 heteroatoms. The number of nitrogens with zero attached hydrogens (tertiary/aromatic N) is 1. The van der Waals surface area contributed by atoms with Crippen LogP contribution < -0.4 is 0 Å². The van der Waals surface area contributed by atoms with Crippen LogP contribution in [-0.2, 0) is 0 Å². The average Bonchev–Trinajstić information content (AvgIpc) is 2.77. The summed E-state index contributed by atoms with van der Waals surface area (Å²) >= 11 is 6.08. The van der Waals surface area contributed by atoms with E-state index in [1.54, 1.807) is 0 Å². The largest absolute Gasteiger partial charge is 0.278 e. The molecule has 0 spiro atoms. The second-order valence-electron chi connectivity index (χ2n) is 3.65. The molecule has 0 fully saturated rings. The van der Waals surface area contributed by atoms with E-state index in [1.807, 2.05) is 36.5 Å². The van der Waals surface area contributed by atoms with E-state index in [2.05, 4.69) is 22.3 Å². The van der Waals surface area contributed by atoms with Crippen LogP contribution in [0.3, 0.4) is 0 Å². The Morgan fingerprint density at radius 3 is 2.69 bits per heavy atom. The Kier molecular flexibility index (Phi) is 2.15. The second-order valence-corrected chi connectivity index (χ2v) is 4.09. The van der Waals surface area contributed by atoms with Gasteiger partial charge in [0.05, 0.1) is 11.7 Å². The molecule has 2 nitrogen and oxygen atoms in total. The number of rotatable bonds is 1. The number of aromatic amines is 1. The highest BCUT2D eigenvalue weighted by Gasteiger charge is 2.06. The smallest absolute Gasteiger partial charge is 0.0671 e. The molecule has 2 aromatic carbocycles. The second kappa shape index (κ2) is 3.65. The molecule has 0 saturated carbocycles. The maximum Gasteiger partial charge on any atom is 0.0671 e. The maximum atomic E-state index is 6.08. The van der Waals surface area contributed by atoms with Gasteiger partial charge in [0.25, 0.3) is 0 Å². The monoisotopic (exact) mass is 228 g/mol. The molecule has 1 N–H and O–H groups in total. The summed E-state index contributed by atoms with van der Waals surface area (Å²) in [7, 11) is 0. The summed E-state index contributed by atoms with van der Waals surface area (Å²) in [4.78, 5) is 0. The molecule has 78 valence electrons. The lowest BCUT2D eigenvalue weighted by atomic mass is 10.0. The van der Waals surface area contributed by atoms with Crippen molar-refractivity contribution in [2.24, 2.45) is 0 Å². The van der Waals surface area contributed by atoms with Crippen molar-refractivity contribution in [2.45, 2.75) is 0 Å². The van der Waals surface area contributed by atoms with Crippen molar-refractivity contribution in [3.05, 3.63) is 53.7 Å². The molecule has 3 aromatic rings. The van der Waals surface area contributed by atoms with Crippen molar-refractivity contribution < 1.29 is 0 Å². The Morgan fingerprint density at radius 2 is 1.88 bits per heavy atom. The van der Waals surface area contributed by atoms with E-state index in [-0.39, 0.29) is 0 Å². The number of benzene rings is 2. The third-order valence-corrected chi connectivity index (χ3v) is 2.83. The average molecular weight is 229 g/mol. The summed E-state index contributed by atoms with van der Waals surface area (Å²) in [5, 5.41) is 8.79. The van der Waals surface area contributed by atoms with Gasteiger partial charge < -0.3 is 0 Å². The van der Waals surface area contributed by atoms with Crippen molar-refractivity contribution in [3.8, 4) is 11.1 Å². The molecular weight excluding hydrogens is 220 g/mol. The number of fused-ring (bicyclic) bond motifs is 1. The Hall–Kier alpha value is -1.80. The molecule has 0 aliphatic rings. The number of nitrogens with one attached hydrogen (secondary N) is 1. The summed E-state index contributed by atoms with van der Waals surface area (Å²) in [6.07, 6.45) is 1.83. The van der Waals surface area contributed by atoms with Crippen molar-refractivity contribution in [1.82, 2.24) is 10.2 Å². The Morgan fingerprint density at radius 1 is 1.06 bits per heavy atom. The normalized spacial score (nSPS) is 10.8. The van der Waals surface area contributed by atoms with Gasteiger partial charge in [-0.05, 0) is 23.3 Å². The van der Waals surface area contributed by atoms with Crippen LogP contribution in [0.15, 0.2) is 48.7 Å². The first kappa shape index (κ1) is 9.43. The third kappa shape index (κ3) is 1.48. The standard InChI is InChI=1S/C13H9ClN2/c14-10-6-11(9-4-2-1-3-5-9)12-8-15-16-13(12)7-10/h1-8H,(H,15,16). The van der Waals surface area contributed by atoms with Gasteiger partial charge in [-0.3, -0.25) is 5.10 Å². The van der Waals surface area contributed by atoms with Gasteiger partial charge in [0, 0.05) is 10.4 Å². The van der Waals surface area contributed by atoms with Crippen LogP contribution in [0, 0.1) is 0 Å². The number of hydrogen-bond acceptors (Lipinski definition) is 1. The summed E-state index contributed by atoms with van der Waals surface area (Å²) in [6.45, 7) is 0. The minimum absolute atomic E-state index is 0.718. The van der Waals surface area contributed by atoms with E-state index in [0.717, 1.165) is 27.1 Å². The summed E-state index contributed by atoms with van der Waals surface area (Å²) in [6, 6.07) is 14.0. The van der Waals surface area contributed by atoms with Crippen molar-refractivity contribution in [3.63, 3.8) is 0 Å². The molecule has 0 unspecified atom stereocenters. The van der Waals surface area contributed by atoms with E-state index < -0.39 is 0 Å². The molecule has 1 heterocycles. The molecule has 0 bridgehead atoms. The molecule has 0 amide bonds. The first-order chi connectivity index (χ1) is 7.84. The van der Waals surface area contributed by atoms with E-state index in [9.17, 15) is 0 Å². The van der Waals surface area contributed by atoms with Crippen molar-refractivity contribution in [2.75, 3.05) is 0 Å². The van der Waals surface area contributed by atoms with E-state index in [1.165, 1.54) is 0 Å². The number of hydrogen-bond donors (Lipinski definition) is 1. The van der Waals surface area contributed by atoms with E-state index in [4.69, 9.17) is 11.6 Å². The fourth-order valence-corrected chi connectivity index (χ4v) is 2.09. The minimum Gasteiger partial charge on any atom is -0.278 e. The first-order valence-corrected chi connectivity index (χ1v) is 5.40. The Balaban J connectivity index is 2.34. The summed E-state index contributed by atoms with van der Waals surface area (Å²) in [5.41, 5.74) is 3.22. The van der Waals surface area contributed by atoms with Gasteiger partial charge in [0.2, 0.25) is 0 Å². The highest BCUT2D eigenvalue weighted by Crippen LogP contribution is 2.30. The molecule has 0 atom stereocenters. The van der Waals surface area contributed by atoms with Gasteiger partial charge in [-0.15, -0.1) is 0 Å². The highest BCUT2D eigenvalue weighted by molar-refractivity contribution is 6.31. The lowest BCUT2D eigenvalue weighted by Crippen LogP contribution is -1.79. The lowest BCUT2D eigenvalue weighted by Gasteiger charge is -2.03.